The molecule has 0 aromatic rings. The van der Waals surface area contributed by atoms with Crippen LogP contribution in [0.2, 0.25) is 0 Å². The lowest BCUT2D eigenvalue weighted by molar-refractivity contribution is 0.124. The standard InChI is InChI=1S/C25H40O2/c1-18-10-11-20(17-24(18)27)12-13-21-8-6-16-25(3)22(14-15-23(21)25)9-5-4-7-19(2)26/h12-13,19,22-24,26-27H,1,4-11,14-17H2,2-3H3/b20-12-,21-13+. The molecule has 5 atom stereocenters. The summed E-state index contributed by atoms with van der Waals surface area (Å²) in [5, 5.41) is 19.6. The van der Waals surface area contributed by atoms with Gasteiger partial charge in [-0.3, -0.25) is 0 Å². The predicted octanol–water partition coefficient (Wildman–Crippen LogP) is 6.10. The summed E-state index contributed by atoms with van der Waals surface area (Å²) < 4.78 is 0. The average molecular weight is 373 g/mol. The number of hydrogen-bond donors (Lipinski definition) is 2. The SMILES string of the molecule is C=C1CC/C(=C/C=C2\CCCC3(C)C(CCCCC(C)O)CCC23)CC1O. The van der Waals surface area contributed by atoms with Crippen molar-refractivity contribution >= 4 is 0 Å². The zero-order valence-electron chi connectivity index (χ0n) is 17.6. The number of aliphatic hydroxyl groups excluding tert-OH is 2. The first-order valence-corrected chi connectivity index (χ1v) is 11.3. The second-order valence-corrected chi connectivity index (χ2v) is 9.76. The smallest absolute Gasteiger partial charge is 0.0784 e. The van der Waals surface area contributed by atoms with Gasteiger partial charge >= 0.3 is 0 Å². The summed E-state index contributed by atoms with van der Waals surface area (Å²) in [6.07, 6.45) is 18.4. The van der Waals surface area contributed by atoms with Gasteiger partial charge in [-0.15, -0.1) is 0 Å². The molecule has 0 bridgehead atoms. The van der Waals surface area contributed by atoms with Gasteiger partial charge < -0.3 is 10.2 Å². The fourth-order valence-corrected chi connectivity index (χ4v) is 6.01. The Kier molecular flexibility index (Phi) is 7.03. The number of rotatable bonds is 6. The maximum Gasteiger partial charge on any atom is 0.0784 e. The van der Waals surface area contributed by atoms with E-state index in [-0.39, 0.29) is 12.2 Å². The largest absolute Gasteiger partial charge is 0.393 e. The molecule has 2 N–H and O–H groups in total. The monoisotopic (exact) mass is 372 g/mol. The minimum Gasteiger partial charge on any atom is -0.393 e. The van der Waals surface area contributed by atoms with Crippen molar-refractivity contribution in [1.82, 2.24) is 0 Å². The van der Waals surface area contributed by atoms with Gasteiger partial charge in [0.15, 0.2) is 0 Å². The van der Waals surface area contributed by atoms with Crippen molar-refractivity contribution in [3.05, 3.63) is 35.5 Å². The molecule has 0 amide bonds. The summed E-state index contributed by atoms with van der Waals surface area (Å²) in [7, 11) is 0. The molecule has 3 saturated carbocycles. The van der Waals surface area contributed by atoms with Crippen LogP contribution in [-0.4, -0.2) is 22.4 Å². The minimum atomic E-state index is -0.336. The van der Waals surface area contributed by atoms with E-state index in [1.54, 1.807) is 5.57 Å². The maximum atomic E-state index is 10.1. The highest BCUT2D eigenvalue weighted by atomic mass is 16.3. The fraction of sp³-hybridized carbons (Fsp3) is 0.760. The number of aliphatic hydroxyl groups is 2. The van der Waals surface area contributed by atoms with Gasteiger partial charge in [0, 0.05) is 0 Å². The second kappa shape index (κ2) is 9.09. The lowest BCUT2D eigenvalue weighted by Crippen LogP contribution is -2.33. The summed E-state index contributed by atoms with van der Waals surface area (Å²) in [6, 6.07) is 0. The molecule has 5 unspecified atom stereocenters. The lowest BCUT2D eigenvalue weighted by atomic mass is 9.62. The lowest BCUT2D eigenvalue weighted by Gasteiger charge is -2.42. The van der Waals surface area contributed by atoms with Gasteiger partial charge in [-0.05, 0) is 94.0 Å². The third kappa shape index (κ3) is 4.95. The summed E-state index contributed by atoms with van der Waals surface area (Å²) in [5.41, 5.74) is 4.54. The molecule has 0 aromatic carbocycles. The van der Waals surface area contributed by atoms with Crippen molar-refractivity contribution in [2.75, 3.05) is 0 Å². The van der Waals surface area contributed by atoms with E-state index in [1.807, 2.05) is 6.92 Å². The van der Waals surface area contributed by atoms with E-state index in [4.69, 9.17) is 0 Å². The molecule has 27 heavy (non-hydrogen) atoms. The van der Waals surface area contributed by atoms with Crippen molar-refractivity contribution < 1.29 is 10.2 Å². The Balaban J connectivity index is 1.62. The Morgan fingerprint density at radius 3 is 2.74 bits per heavy atom. The van der Waals surface area contributed by atoms with E-state index < -0.39 is 0 Å². The van der Waals surface area contributed by atoms with Crippen molar-refractivity contribution in [3.8, 4) is 0 Å². The van der Waals surface area contributed by atoms with Crippen LogP contribution >= 0.6 is 0 Å². The van der Waals surface area contributed by atoms with Crippen LogP contribution in [0.25, 0.3) is 0 Å². The Labute approximate surface area is 166 Å². The van der Waals surface area contributed by atoms with Crippen LogP contribution in [0.5, 0.6) is 0 Å². The highest BCUT2D eigenvalue weighted by Crippen LogP contribution is 2.58. The van der Waals surface area contributed by atoms with Crippen molar-refractivity contribution in [1.29, 1.82) is 0 Å². The average Bonchev–Trinajstić information content (AvgIpc) is 2.96. The minimum absolute atomic E-state index is 0.148. The molecule has 0 saturated heterocycles. The van der Waals surface area contributed by atoms with Crippen LogP contribution in [-0.2, 0) is 0 Å². The summed E-state index contributed by atoms with van der Waals surface area (Å²) in [4.78, 5) is 0. The molecule has 0 radical (unpaired) electrons. The molecule has 152 valence electrons. The van der Waals surface area contributed by atoms with Crippen LogP contribution < -0.4 is 0 Å². The van der Waals surface area contributed by atoms with Crippen LogP contribution in [0.1, 0.15) is 90.9 Å². The fourth-order valence-electron chi connectivity index (χ4n) is 6.01. The first-order valence-electron chi connectivity index (χ1n) is 11.3. The quantitative estimate of drug-likeness (QED) is 0.437. The van der Waals surface area contributed by atoms with E-state index in [0.717, 1.165) is 49.5 Å². The third-order valence-electron chi connectivity index (χ3n) is 7.81. The number of unbranched alkanes of at least 4 members (excludes halogenated alkanes) is 1. The van der Waals surface area contributed by atoms with E-state index in [1.165, 1.54) is 50.5 Å². The summed E-state index contributed by atoms with van der Waals surface area (Å²) >= 11 is 0. The molecule has 3 aliphatic rings. The number of allylic oxidation sites excluding steroid dienone is 3. The van der Waals surface area contributed by atoms with Crippen molar-refractivity contribution in [2.45, 2.75) is 103 Å². The molecule has 0 heterocycles. The first kappa shape index (κ1) is 20.9. The summed E-state index contributed by atoms with van der Waals surface area (Å²) in [5.74, 6) is 1.61. The summed E-state index contributed by atoms with van der Waals surface area (Å²) in [6.45, 7) is 8.43. The molecule has 2 heteroatoms. The van der Waals surface area contributed by atoms with Gasteiger partial charge in [0.1, 0.15) is 0 Å². The topological polar surface area (TPSA) is 40.5 Å². The molecule has 2 nitrogen and oxygen atoms in total. The molecule has 0 aliphatic heterocycles. The van der Waals surface area contributed by atoms with E-state index in [2.05, 4.69) is 25.7 Å². The molecule has 0 spiro atoms. The molecule has 0 aromatic heterocycles. The predicted molar refractivity (Wildman–Crippen MR) is 113 cm³/mol. The highest BCUT2D eigenvalue weighted by molar-refractivity contribution is 5.27. The Hall–Kier alpha value is -0.860. The number of fused-ring (bicyclic) bond motifs is 1. The zero-order chi connectivity index (χ0) is 19.4. The second-order valence-electron chi connectivity index (χ2n) is 9.76. The van der Waals surface area contributed by atoms with Gasteiger partial charge in [0.25, 0.3) is 0 Å². The van der Waals surface area contributed by atoms with E-state index in [9.17, 15) is 10.2 Å². The van der Waals surface area contributed by atoms with Gasteiger partial charge in [0.2, 0.25) is 0 Å². The molecule has 3 fully saturated rings. The van der Waals surface area contributed by atoms with Crippen molar-refractivity contribution in [3.63, 3.8) is 0 Å². The Bertz CT molecular complexity index is 585. The van der Waals surface area contributed by atoms with Crippen LogP contribution in [0.4, 0.5) is 0 Å². The Morgan fingerprint density at radius 1 is 1.19 bits per heavy atom. The van der Waals surface area contributed by atoms with Gasteiger partial charge in [-0.25, -0.2) is 0 Å². The van der Waals surface area contributed by atoms with Gasteiger partial charge in [-0.1, -0.05) is 49.6 Å². The third-order valence-corrected chi connectivity index (χ3v) is 7.81. The molecular formula is C25H40O2. The molecule has 3 rings (SSSR count). The normalized spacial score (nSPS) is 38.4. The van der Waals surface area contributed by atoms with Crippen LogP contribution in [0, 0.1) is 17.3 Å². The van der Waals surface area contributed by atoms with Gasteiger partial charge in [0.05, 0.1) is 12.2 Å². The number of hydrogen-bond acceptors (Lipinski definition) is 2. The van der Waals surface area contributed by atoms with E-state index in [0.29, 0.717) is 5.41 Å². The van der Waals surface area contributed by atoms with Gasteiger partial charge in [-0.2, -0.15) is 0 Å². The molecule has 3 aliphatic carbocycles. The van der Waals surface area contributed by atoms with Crippen LogP contribution in [0.3, 0.4) is 0 Å². The zero-order valence-corrected chi connectivity index (χ0v) is 17.6. The van der Waals surface area contributed by atoms with Crippen molar-refractivity contribution in [2.24, 2.45) is 17.3 Å². The first-order chi connectivity index (χ1) is 12.9. The van der Waals surface area contributed by atoms with Crippen LogP contribution in [0.15, 0.2) is 35.5 Å². The highest BCUT2D eigenvalue weighted by Gasteiger charge is 2.48. The van der Waals surface area contributed by atoms with E-state index >= 15 is 0 Å². The Morgan fingerprint density at radius 2 is 2.00 bits per heavy atom. The maximum absolute atomic E-state index is 10.1. The molecular weight excluding hydrogens is 332 g/mol.